The fraction of sp³-hybridized carbons (Fsp3) is 0.483. The van der Waals surface area contributed by atoms with Crippen molar-refractivity contribution in [2.24, 2.45) is 0 Å². The van der Waals surface area contributed by atoms with E-state index in [4.69, 9.17) is 23.7 Å². The van der Waals surface area contributed by atoms with Crippen molar-refractivity contribution in [2.75, 3.05) is 13.2 Å². The fourth-order valence-electron chi connectivity index (χ4n) is 4.54. The fourth-order valence-corrected chi connectivity index (χ4v) is 4.54. The van der Waals surface area contributed by atoms with Gasteiger partial charge in [-0.2, -0.15) is 0 Å². The minimum atomic E-state index is -1.70. The molecule has 0 saturated carbocycles. The van der Waals surface area contributed by atoms with Crippen LogP contribution in [0.5, 0.6) is 11.5 Å². The molecular weight excluding hydrogens is 556 g/mol. The summed E-state index contributed by atoms with van der Waals surface area (Å²) in [6.07, 6.45) is -11.4. The average molecular weight is 593 g/mol. The Morgan fingerprint density at radius 1 is 0.810 bits per heavy atom. The van der Waals surface area contributed by atoms with Crippen LogP contribution in [-0.2, 0) is 34.9 Å². The van der Waals surface area contributed by atoms with Crippen LogP contribution in [0.25, 0.3) is 6.08 Å². The molecule has 10 atom stereocenters. The van der Waals surface area contributed by atoms with E-state index >= 15 is 0 Å². The van der Waals surface area contributed by atoms with Gasteiger partial charge in [0.1, 0.15) is 60.8 Å². The van der Waals surface area contributed by atoms with Crippen molar-refractivity contribution < 1.29 is 64.2 Å². The van der Waals surface area contributed by atoms with Gasteiger partial charge in [0.05, 0.1) is 12.7 Å². The van der Waals surface area contributed by atoms with E-state index in [2.05, 4.69) is 0 Å². The number of ether oxygens (including phenoxy) is 5. The molecule has 42 heavy (non-hydrogen) atoms. The van der Waals surface area contributed by atoms with Gasteiger partial charge in [0.2, 0.25) is 0 Å². The first-order valence-electron chi connectivity index (χ1n) is 13.4. The number of carbonyl (C=O) groups excluding carboxylic acids is 1. The molecule has 2 fully saturated rings. The predicted octanol–water partition coefficient (Wildman–Crippen LogP) is -0.427. The van der Waals surface area contributed by atoms with Crippen LogP contribution in [0.3, 0.4) is 0 Å². The Bertz CT molecular complexity index is 1170. The second-order valence-electron chi connectivity index (χ2n) is 10.1. The van der Waals surface area contributed by atoms with E-state index in [1.807, 2.05) is 0 Å². The van der Waals surface area contributed by atoms with Crippen LogP contribution in [0.15, 0.2) is 54.6 Å². The average Bonchev–Trinajstić information content (AvgIpc) is 2.97. The van der Waals surface area contributed by atoms with Crippen LogP contribution in [0, 0.1) is 0 Å². The summed E-state index contributed by atoms with van der Waals surface area (Å²) >= 11 is 0. The van der Waals surface area contributed by atoms with Crippen LogP contribution in [0.2, 0.25) is 0 Å². The summed E-state index contributed by atoms with van der Waals surface area (Å²) in [7, 11) is 0. The van der Waals surface area contributed by atoms with Gasteiger partial charge in [0.15, 0.2) is 12.6 Å². The minimum Gasteiger partial charge on any atom is -0.508 e. The molecule has 230 valence electrons. The van der Waals surface area contributed by atoms with Crippen LogP contribution < -0.4 is 0 Å². The lowest BCUT2D eigenvalue weighted by molar-refractivity contribution is -0.357. The summed E-state index contributed by atoms with van der Waals surface area (Å²) in [5.41, 5.74) is 1.46. The van der Waals surface area contributed by atoms with E-state index in [0.29, 0.717) is 12.0 Å². The van der Waals surface area contributed by atoms with E-state index < -0.39 is 74.0 Å². The first kappa shape index (κ1) is 31.8. The highest BCUT2D eigenvalue weighted by Crippen LogP contribution is 2.30. The predicted molar refractivity (Wildman–Crippen MR) is 144 cm³/mol. The molecular formula is C29H36O13. The summed E-state index contributed by atoms with van der Waals surface area (Å²) in [5.74, 6) is -0.582. The number of benzene rings is 2. The van der Waals surface area contributed by atoms with Crippen molar-refractivity contribution in [2.45, 2.75) is 74.8 Å². The third kappa shape index (κ3) is 8.04. The monoisotopic (exact) mass is 592 g/mol. The molecule has 0 aliphatic carbocycles. The molecule has 2 saturated heterocycles. The van der Waals surface area contributed by atoms with Crippen LogP contribution in [-0.4, -0.2) is 116 Å². The van der Waals surface area contributed by atoms with Crippen molar-refractivity contribution in [1.82, 2.24) is 0 Å². The Morgan fingerprint density at radius 2 is 1.45 bits per heavy atom. The van der Waals surface area contributed by atoms with Crippen LogP contribution >= 0.6 is 0 Å². The van der Waals surface area contributed by atoms with Crippen molar-refractivity contribution in [3.05, 3.63) is 65.7 Å². The Morgan fingerprint density at radius 3 is 2.12 bits per heavy atom. The maximum Gasteiger partial charge on any atom is 0.330 e. The first-order valence-corrected chi connectivity index (χ1v) is 13.4. The highest BCUT2D eigenvalue weighted by atomic mass is 16.7. The van der Waals surface area contributed by atoms with Gasteiger partial charge in [-0.25, -0.2) is 4.79 Å². The molecule has 2 aromatic rings. The van der Waals surface area contributed by atoms with E-state index in [9.17, 15) is 40.5 Å². The zero-order valence-electron chi connectivity index (χ0n) is 22.7. The molecule has 0 radical (unpaired) electrons. The summed E-state index contributed by atoms with van der Waals surface area (Å²) in [6.45, 7) is 1.05. The molecule has 2 aromatic carbocycles. The van der Waals surface area contributed by atoms with E-state index in [0.717, 1.165) is 11.6 Å². The number of aliphatic hydroxyl groups is 5. The number of phenols is 2. The molecule has 0 spiro atoms. The summed E-state index contributed by atoms with van der Waals surface area (Å²) in [6, 6.07) is 12.5. The Labute approximate surface area is 241 Å². The molecule has 0 bridgehead atoms. The highest BCUT2D eigenvalue weighted by molar-refractivity contribution is 5.87. The first-order chi connectivity index (χ1) is 20.0. The maximum atomic E-state index is 12.3. The van der Waals surface area contributed by atoms with Crippen molar-refractivity contribution in [1.29, 1.82) is 0 Å². The van der Waals surface area contributed by atoms with Crippen molar-refractivity contribution in [3.63, 3.8) is 0 Å². The van der Waals surface area contributed by atoms with E-state index in [-0.39, 0.29) is 18.1 Å². The number of carbonyl (C=O) groups is 1. The molecule has 4 rings (SSSR count). The second kappa shape index (κ2) is 14.4. The summed E-state index contributed by atoms with van der Waals surface area (Å²) in [5, 5.41) is 71.4. The lowest BCUT2D eigenvalue weighted by Crippen LogP contribution is -2.64. The highest BCUT2D eigenvalue weighted by Gasteiger charge is 2.50. The van der Waals surface area contributed by atoms with Crippen molar-refractivity contribution in [3.8, 4) is 11.5 Å². The maximum absolute atomic E-state index is 12.3. The Hall–Kier alpha value is -3.11. The third-order valence-corrected chi connectivity index (χ3v) is 7.05. The van der Waals surface area contributed by atoms with E-state index in [1.54, 1.807) is 24.3 Å². The lowest BCUT2D eigenvalue weighted by Gasteiger charge is -2.45. The molecule has 0 unspecified atom stereocenters. The van der Waals surface area contributed by atoms with Crippen LogP contribution in [0.1, 0.15) is 18.1 Å². The molecule has 7 N–H and O–H groups in total. The standard InChI is InChI=1S/C29H36O13/c1-15-22(33)24(35)25(36)29(40-15)42-27-23(34)20(14-39-21(32)11-6-16-2-7-18(30)8-3-16)41-28(26(27)37)38-13-12-17-4-9-19(31)10-5-17/h2-11,15,20,22-31,33-37H,12-14H2,1H3/b11-6+/t15-,20-,22-,23-,24+,25-,26-,27+,28-,29+/m1/s1. The number of phenolic OH excluding ortho intramolecular Hbond substituents is 2. The lowest BCUT2D eigenvalue weighted by atomic mass is 9.97. The normalized spacial score (nSPS) is 33.5. The number of aliphatic hydroxyl groups excluding tert-OH is 5. The van der Waals surface area contributed by atoms with Gasteiger partial charge in [-0.1, -0.05) is 24.3 Å². The molecule has 13 heteroatoms. The van der Waals surface area contributed by atoms with Gasteiger partial charge in [-0.05, 0) is 54.8 Å². The van der Waals surface area contributed by atoms with E-state index in [1.165, 1.54) is 37.3 Å². The second-order valence-corrected chi connectivity index (χ2v) is 10.1. The van der Waals surface area contributed by atoms with Gasteiger partial charge >= 0.3 is 5.97 Å². The SMILES string of the molecule is C[C@H]1O[C@@H](O[C@@H]2[C@@H](O)[C@H](OCCc3ccc(O)cc3)O[C@H](COC(=O)/C=C/c3ccc(O)cc3)[C@H]2O)[C@H](O)[C@@H](O)[C@@H]1O. The van der Waals surface area contributed by atoms with Gasteiger partial charge < -0.3 is 59.4 Å². The van der Waals surface area contributed by atoms with Gasteiger partial charge in [0.25, 0.3) is 0 Å². The topological polar surface area (TPSA) is 205 Å². The molecule has 2 aliphatic rings. The van der Waals surface area contributed by atoms with Crippen LogP contribution in [0.4, 0.5) is 0 Å². The summed E-state index contributed by atoms with van der Waals surface area (Å²) in [4.78, 5) is 12.3. The minimum absolute atomic E-state index is 0.0572. The number of hydrogen-bond acceptors (Lipinski definition) is 13. The quantitative estimate of drug-likeness (QED) is 0.138. The van der Waals surface area contributed by atoms with Crippen molar-refractivity contribution >= 4 is 12.0 Å². The molecule has 13 nitrogen and oxygen atoms in total. The van der Waals surface area contributed by atoms with Gasteiger partial charge in [0, 0.05) is 6.08 Å². The number of esters is 1. The molecule has 0 aromatic heterocycles. The number of aromatic hydroxyl groups is 2. The van der Waals surface area contributed by atoms with Gasteiger partial charge in [-0.3, -0.25) is 0 Å². The molecule has 2 heterocycles. The third-order valence-electron chi connectivity index (χ3n) is 7.05. The Balaban J connectivity index is 1.43. The number of rotatable bonds is 10. The largest absolute Gasteiger partial charge is 0.508 e. The number of hydrogen-bond donors (Lipinski definition) is 7. The van der Waals surface area contributed by atoms with Gasteiger partial charge in [-0.15, -0.1) is 0 Å². The summed E-state index contributed by atoms with van der Waals surface area (Å²) < 4.78 is 27.9. The molecule has 2 aliphatic heterocycles. The zero-order chi connectivity index (χ0) is 30.4. The zero-order valence-corrected chi connectivity index (χ0v) is 22.7. The Kier molecular flexibility index (Phi) is 10.9. The smallest absolute Gasteiger partial charge is 0.330 e. The molecule has 0 amide bonds.